The highest BCUT2D eigenvalue weighted by atomic mass is 16.5. The number of furan rings is 1. The van der Waals surface area contributed by atoms with Crippen LogP contribution in [0.1, 0.15) is 35.4 Å². The fraction of sp³-hybridized carbons (Fsp3) is 0.385. The third kappa shape index (κ3) is 2.09. The molecule has 0 saturated heterocycles. The predicted octanol–water partition coefficient (Wildman–Crippen LogP) is 2.11. The van der Waals surface area contributed by atoms with Crippen LogP contribution in [0.25, 0.3) is 11.5 Å². The number of carbonyl (C=O) groups excluding carboxylic acids is 1. The Morgan fingerprint density at radius 1 is 1.47 bits per heavy atom. The first-order chi connectivity index (χ1) is 9.15. The van der Waals surface area contributed by atoms with Gasteiger partial charge in [0.25, 0.3) is 5.91 Å². The molecule has 0 bridgehead atoms. The Labute approximate surface area is 109 Å². The van der Waals surface area contributed by atoms with E-state index in [1.54, 1.807) is 12.1 Å². The number of nitrogens with one attached hydrogen (secondary N) is 1. The van der Waals surface area contributed by atoms with E-state index in [-0.39, 0.29) is 23.4 Å². The fourth-order valence-electron chi connectivity index (χ4n) is 2.06. The van der Waals surface area contributed by atoms with Gasteiger partial charge in [-0.05, 0) is 38.3 Å². The molecule has 100 valence electrons. The zero-order valence-electron chi connectivity index (χ0n) is 10.6. The maximum atomic E-state index is 12.2. The summed E-state index contributed by atoms with van der Waals surface area (Å²) in [6.45, 7) is 1.82. The minimum Gasteiger partial charge on any atom is -0.460 e. The van der Waals surface area contributed by atoms with Crippen molar-refractivity contribution in [1.29, 1.82) is 0 Å². The molecule has 6 heteroatoms. The monoisotopic (exact) mass is 261 g/mol. The van der Waals surface area contributed by atoms with Crippen LogP contribution in [0.5, 0.6) is 0 Å². The second-order valence-electron chi connectivity index (χ2n) is 4.78. The number of aryl methyl sites for hydroxylation is 1. The number of hydrogen-bond acceptors (Lipinski definition) is 5. The molecule has 3 N–H and O–H groups in total. The van der Waals surface area contributed by atoms with Crippen LogP contribution in [0.2, 0.25) is 0 Å². The number of nitrogen functional groups attached to an aromatic ring is 1. The van der Waals surface area contributed by atoms with Gasteiger partial charge in [-0.25, -0.2) is 0 Å². The molecule has 3 rings (SSSR count). The van der Waals surface area contributed by atoms with Crippen LogP contribution in [-0.4, -0.2) is 17.1 Å². The zero-order chi connectivity index (χ0) is 13.4. The van der Waals surface area contributed by atoms with Crippen molar-refractivity contribution in [3.8, 4) is 11.5 Å². The van der Waals surface area contributed by atoms with Crippen molar-refractivity contribution in [3.63, 3.8) is 0 Å². The lowest BCUT2D eigenvalue weighted by molar-refractivity contribution is 0.0918. The highest BCUT2D eigenvalue weighted by molar-refractivity contribution is 6.03. The second-order valence-corrected chi connectivity index (χ2v) is 4.78. The quantitative estimate of drug-likeness (QED) is 0.882. The highest BCUT2D eigenvalue weighted by Crippen LogP contribution is 2.29. The SMILES string of the molecule is Cc1ccc(-c2noc(N)c2C(=O)NC2CCC2)o1. The van der Waals surface area contributed by atoms with Crippen molar-refractivity contribution in [2.75, 3.05) is 5.73 Å². The molecule has 19 heavy (non-hydrogen) atoms. The molecule has 2 aromatic heterocycles. The third-order valence-corrected chi connectivity index (χ3v) is 3.36. The number of nitrogens with zero attached hydrogens (tertiary/aromatic N) is 1. The summed E-state index contributed by atoms with van der Waals surface area (Å²) < 4.78 is 10.4. The van der Waals surface area contributed by atoms with Crippen molar-refractivity contribution in [2.24, 2.45) is 0 Å². The average Bonchev–Trinajstić information content (AvgIpc) is 2.89. The number of carbonyl (C=O) groups is 1. The summed E-state index contributed by atoms with van der Waals surface area (Å²) in [5, 5.41) is 6.73. The van der Waals surface area contributed by atoms with E-state index in [0.717, 1.165) is 25.0 Å². The summed E-state index contributed by atoms with van der Waals surface area (Å²) in [4.78, 5) is 12.2. The fourth-order valence-corrected chi connectivity index (χ4v) is 2.06. The lowest BCUT2D eigenvalue weighted by Gasteiger charge is -2.26. The lowest BCUT2D eigenvalue weighted by Crippen LogP contribution is -2.39. The van der Waals surface area contributed by atoms with Gasteiger partial charge in [-0.1, -0.05) is 5.16 Å². The molecule has 1 amide bonds. The molecule has 0 radical (unpaired) electrons. The summed E-state index contributed by atoms with van der Waals surface area (Å²) in [6, 6.07) is 3.77. The average molecular weight is 261 g/mol. The molecule has 0 aromatic carbocycles. The van der Waals surface area contributed by atoms with Crippen LogP contribution >= 0.6 is 0 Å². The Morgan fingerprint density at radius 2 is 2.26 bits per heavy atom. The Morgan fingerprint density at radius 3 is 2.84 bits per heavy atom. The predicted molar refractivity (Wildman–Crippen MR) is 68.5 cm³/mol. The van der Waals surface area contributed by atoms with Gasteiger partial charge < -0.3 is 20.0 Å². The van der Waals surface area contributed by atoms with E-state index >= 15 is 0 Å². The van der Waals surface area contributed by atoms with E-state index in [9.17, 15) is 4.79 Å². The molecule has 2 aromatic rings. The van der Waals surface area contributed by atoms with Gasteiger partial charge in [0, 0.05) is 6.04 Å². The van der Waals surface area contributed by atoms with Gasteiger partial charge in [-0.3, -0.25) is 4.79 Å². The molecule has 0 atom stereocenters. The van der Waals surface area contributed by atoms with Crippen molar-refractivity contribution >= 4 is 11.8 Å². The molecule has 1 aliphatic carbocycles. The van der Waals surface area contributed by atoms with E-state index in [4.69, 9.17) is 14.7 Å². The summed E-state index contributed by atoms with van der Waals surface area (Å²) in [7, 11) is 0. The van der Waals surface area contributed by atoms with Crippen molar-refractivity contribution in [2.45, 2.75) is 32.2 Å². The van der Waals surface area contributed by atoms with Crippen molar-refractivity contribution in [3.05, 3.63) is 23.5 Å². The molecule has 0 unspecified atom stereocenters. The molecule has 6 nitrogen and oxygen atoms in total. The van der Waals surface area contributed by atoms with E-state index in [2.05, 4.69) is 10.5 Å². The maximum absolute atomic E-state index is 12.2. The molecule has 1 saturated carbocycles. The van der Waals surface area contributed by atoms with Crippen LogP contribution in [0.3, 0.4) is 0 Å². The molecular formula is C13H15N3O3. The van der Waals surface area contributed by atoms with Gasteiger partial charge in [0.2, 0.25) is 5.88 Å². The Hall–Kier alpha value is -2.24. The first-order valence-electron chi connectivity index (χ1n) is 6.28. The third-order valence-electron chi connectivity index (χ3n) is 3.36. The Kier molecular flexibility index (Phi) is 2.77. The number of anilines is 1. The molecule has 1 fully saturated rings. The minimum atomic E-state index is -0.257. The van der Waals surface area contributed by atoms with Gasteiger partial charge in [0.15, 0.2) is 11.5 Å². The number of hydrogen-bond donors (Lipinski definition) is 2. The molecule has 0 spiro atoms. The van der Waals surface area contributed by atoms with E-state index in [0.29, 0.717) is 11.5 Å². The van der Waals surface area contributed by atoms with Crippen molar-refractivity contribution in [1.82, 2.24) is 10.5 Å². The molecular weight excluding hydrogens is 246 g/mol. The zero-order valence-corrected chi connectivity index (χ0v) is 10.6. The van der Waals surface area contributed by atoms with E-state index < -0.39 is 0 Å². The smallest absolute Gasteiger partial charge is 0.259 e. The largest absolute Gasteiger partial charge is 0.460 e. The highest BCUT2D eigenvalue weighted by Gasteiger charge is 2.27. The number of amides is 1. The van der Waals surface area contributed by atoms with Crippen LogP contribution < -0.4 is 11.1 Å². The normalized spacial score (nSPS) is 15.2. The van der Waals surface area contributed by atoms with E-state index in [1.807, 2.05) is 6.92 Å². The summed E-state index contributed by atoms with van der Waals surface area (Å²) in [5.41, 5.74) is 6.29. The first kappa shape index (κ1) is 11.8. The topological polar surface area (TPSA) is 94.3 Å². The van der Waals surface area contributed by atoms with Gasteiger partial charge in [0.1, 0.15) is 11.3 Å². The van der Waals surface area contributed by atoms with Crippen LogP contribution in [0.4, 0.5) is 5.88 Å². The number of aromatic nitrogens is 1. The maximum Gasteiger partial charge on any atom is 0.259 e. The molecule has 1 aliphatic rings. The van der Waals surface area contributed by atoms with Gasteiger partial charge in [-0.15, -0.1) is 0 Å². The molecule has 2 heterocycles. The van der Waals surface area contributed by atoms with Crippen LogP contribution in [0.15, 0.2) is 21.1 Å². The van der Waals surface area contributed by atoms with Gasteiger partial charge >= 0.3 is 0 Å². The standard InChI is InChI=1S/C13H15N3O3/c1-7-5-6-9(18-7)11-10(12(14)19-16-11)13(17)15-8-3-2-4-8/h5-6,8H,2-4,14H2,1H3,(H,15,17). The lowest BCUT2D eigenvalue weighted by atomic mass is 9.93. The summed E-state index contributed by atoms with van der Waals surface area (Å²) in [5.74, 6) is 0.979. The number of nitrogens with two attached hydrogens (primary N) is 1. The van der Waals surface area contributed by atoms with Crippen LogP contribution in [-0.2, 0) is 0 Å². The van der Waals surface area contributed by atoms with Crippen molar-refractivity contribution < 1.29 is 13.7 Å². The summed E-state index contributed by atoms with van der Waals surface area (Å²) >= 11 is 0. The minimum absolute atomic E-state index is 0.0147. The number of rotatable bonds is 3. The van der Waals surface area contributed by atoms with E-state index in [1.165, 1.54) is 0 Å². The second kappa shape index (κ2) is 4.46. The van der Waals surface area contributed by atoms with Crippen LogP contribution in [0, 0.1) is 6.92 Å². The van der Waals surface area contributed by atoms with Gasteiger partial charge in [-0.2, -0.15) is 0 Å². The Balaban J connectivity index is 1.91. The van der Waals surface area contributed by atoms with Gasteiger partial charge in [0.05, 0.1) is 0 Å². The summed E-state index contributed by atoms with van der Waals surface area (Å²) in [6.07, 6.45) is 3.16. The molecule has 0 aliphatic heterocycles. The first-order valence-corrected chi connectivity index (χ1v) is 6.28. The Bertz CT molecular complexity index is 610.